The van der Waals surface area contributed by atoms with E-state index in [1.54, 1.807) is 11.8 Å². The molecule has 1 heterocycles. The van der Waals surface area contributed by atoms with Crippen molar-refractivity contribution in [2.24, 2.45) is 4.99 Å². The molecular weight excluding hydrogens is 254 g/mol. The van der Waals surface area contributed by atoms with E-state index < -0.39 is 0 Å². The lowest BCUT2D eigenvalue weighted by Gasteiger charge is -2.25. The SMILES string of the molecule is CC(c1cccc(Cl)c1)N1CCSC1=NC#N. The molecule has 1 aliphatic heterocycles. The number of benzene rings is 1. The minimum atomic E-state index is 0.191. The largest absolute Gasteiger partial charge is 0.343 e. The Hall–Kier alpha value is -1.18. The maximum Gasteiger partial charge on any atom is 0.208 e. The second-order valence-corrected chi connectivity index (χ2v) is 5.27. The first kappa shape index (κ1) is 12.3. The first-order chi connectivity index (χ1) is 8.22. The smallest absolute Gasteiger partial charge is 0.208 e. The van der Waals surface area contributed by atoms with E-state index in [1.165, 1.54) is 0 Å². The van der Waals surface area contributed by atoms with Crippen LogP contribution in [0.5, 0.6) is 0 Å². The van der Waals surface area contributed by atoms with Gasteiger partial charge in [-0.15, -0.1) is 4.99 Å². The van der Waals surface area contributed by atoms with Crippen molar-refractivity contribution in [3.05, 3.63) is 34.9 Å². The minimum absolute atomic E-state index is 0.191. The number of amidine groups is 1. The van der Waals surface area contributed by atoms with Crippen molar-refractivity contribution in [3.63, 3.8) is 0 Å². The lowest BCUT2D eigenvalue weighted by Crippen LogP contribution is -2.27. The molecule has 1 fully saturated rings. The third-order valence-electron chi connectivity index (χ3n) is 2.75. The van der Waals surface area contributed by atoms with Crippen LogP contribution < -0.4 is 0 Å². The average molecular weight is 266 g/mol. The third-order valence-corrected chi connectivity index (χ3v) is 3.96. The molecule has 0 aliphatic carbocycles. The fourth-order valence-electron chi connectivity index (χ4n) is 1.86. The summed E-state index contributed by atoms with van der Waals surface area (Å²) < 4.78 is 0. The molecule has 5 heteroatoms. The molecule has 2 rings (SSSR count). The van der Waals surface area contributed by atoms with Crippen LogP contribution in [0.1, 0.15) is 18.5 Å². The minimum Gasteiger partial charge on any atom is -0.343 e. The van der Waals surface area contributed by atoms with Crippen molar-refractivity contribution >= 4 is 28.5 Å². The van der Waals surface area contributed by atoms with Gasteiger partial charge in [0.2, 0.25) is 6.19 Å². The number of halogens is 1. The van der Waals surface area contributed by atoms with Crippen LogP contribution in [-0.2, 0) is 0 Å². The molecule has 0 N–H and O–H groups in total. The Morgan fingerprint density at radius 3 is 3.12 bits per heavy atom. The number of nitriles is 1. The number of aliphatic imine (C=N–C) groups is 1. The van der Waals surface area contributed by atoms with Gasteiger partial charge < -0.3 is 4.90 Å². The molecule has 0 aromatic heterocycles. The van der Waals surface area contributed by atoms with E-state index in [4.69, 9.17) is 16.9 Å². The summed E-state index contributed by atoms with van der Waals surface area (Å²) in [5.41, 5.74) is 1.14. The van der Waals surface area contributed by atoms with Gasteiger partial charge in [-0.05, 0) is 24.6 Å². The summed E-state index contributed by atoms with van der Waals surface area (Å²) in [5.74, 6) is 0.978. The summed E-state index contributed by atoms with van der Waals surface area (Å²) in [6.07, 6.45) is 1.86. The lowest BCUT2D eigenvalue weighted by atomic mass is 10.1. The highest BCUT2D eigenvalue weighted by Crippen LogP contribution is 2.29. The molecule has 0 saturated carbocycles. The van der Waals surface area contributed by atoms with Crippen molar-refractivity contribution in [1.29, 1.82) is 5.26 Å². The highest BCUT2D eigenvalue weighted by atomic mass is 35.5. The molecule has 1 aromatic rings. The Morgan fingerprint density at radius 1 is 1.59 bits per heavy atom. The van der Waals surface area contributed by atoms with Gasteiger partial charge in [0.05, 0.1) is 6.04 Å². The maximum absolute atomic E-state index is 8.64. The molecule has 88 valence electrons. The van der Waals surface area contributed by atoms with Crippen LogP contribution in [0.15, 0.2) is 29.3 Å². The van der Waals surface area contributed by atoms with Gasteiger partial charge in [-0.1, -0.05) is 35.5 Å². The molecule has 3 nitrogen and oxygen atoms in total. The summed E-state index contributed by atoms with van der Waals surface area (Å²) in [6, 6.07) is 8.00. The Labute approximate surface area is 110 Å². The second kappa shape index (κ2) is 5.44. The third kappa shape index (κ3) is 2.74. The monoisotopic (exact) mass is 265 g/mol. The number of rotatable bonds is 2. The average Bonchev–Trinajstić information content (AvgIpc) is 2.77. The molecule has 1 aliphatic rings. The molecule has 0 bridgehead atoms. The molecule has 1 aromatic carbocycles. The lowest BCUT2D eigenvalue weighted by molar-refractivity contribution is 0.370. The Bertz CT molecular complexity index is 481. The Balaban J connectivity index is 2.23. The van der Waals surface area contributed by atoms with Gasteiger partial charge in [-0.2, -0.15) is 5.26 Å². The van der Waals surface area contributed by atoms with E-state index in [1.807, 2.05) is 30.5 Å². The second-order valence-electron chi connectivity index (χ2n) is 3.77. The predicted molar refractivity (Wildman–Crippen MR) is 72.1 cm³/mol. The van der Waals surface area contributed by atoms with Crippen molar-refractivity contribution in [2.75, 3.05) is 12.3 Å². The maximum atomic E-state index is 8.64. The normalized spacial score (nSPS) is 19.4. The standard InChI is InChI=1S/C12H12ClN3S/c1-9(10-3-2-4-11(13)7-10)16-5-6-17-12(16)15-8-14/h2-4,7,9H,5-6H2,1H3. The molecule has 17 heavy (non-hydrogen) atoms. The molecule has 0 amide bonds. The van der Waals surface area contributed by atoms with Crippen LogP contribution in [-0.4, -0.2) is 22.4 Å². The van der Waals surface area contributed by atoms with Gasteiger partial charge in [-0.25, -0.2) is 0 Å². The van der Waals surface area contributed by atoms with Gasteiger partial charge in [0.1, 0.15) is 0 Å². The molecule has 0 spiro atoms. The van der Waals surface area contributed by atoms with E-state index in [0.717, 1.165) is 28.1 Å². The summed E-state index contributed by atoms with van der Waals surface area (Å²) in [4.78, 5) is 5.99. The van der Waals surface area contributed by atoms with Crippen LogP contribution in [0.3, 0.4) is 0 Å². The van der Waals surface area contributed by atoms with Crippen molar-refractivity contribution < 1.29 is 0 Å². The topological polar surface area (TPSA) is 39.4 Å². The zero-order valence-corrected chi connectivity index (χ0v) is 11.0. The van der Waals surface area contributed by atoms with Crippen molar-refractivity contribution in [3.8, 4) is 6.19 Å². The summed E-state index contributed by atoms with van der Waals surface area (Å²) in [6.45, 7) is 3.02. The summed E-state index contributed by atoms with van der Waals surface area (Å²) in [7, 11) is 0. The van der Waals surface area contributed by atoms with E-state index in [2.05, 4.69) is 16.8 Å². The quantitative estimate of drug-likeness (QED) is 0.771. The molecule has 1 saturated heterocycles. The first-order valence-electron chi connectivity index (χ1n) is 5.34. The predicted octanol–water partition coefficient (Wildman–Crippen LogP) is 3.29. The van der Waals surface area contributed by atoms with Crippen molar-refractivity contribution in [1.82, 2.24) is 4.90 Å². The number of nitrogens with zero attached hydrogens (tertiary/aromatic N) is 3. The molecular formula is C12H12ClN3S. The van der Waals surface area contributed by atoms with Gasteiger partial charge in [-0.3, -0.25) is 0 Å². The summed E-state index contributed by atoms with van der Waals surface area (Å²) in [5, 5.41) is 10.2. The van der Waals surface area contributed by atoms with Crippen LogP contribution in [0.25, 0.3) is 0 Å². The van der Waals surface area contributed by atoms with E-state index in [0.29, 0.717) is 0 Å². The van der Waals surface area contributed by atoms with Crippen LogP contribution >= 0.6 is 23.4 Å². The molecule has 1 atom stereocenters. The number of hydrogen-bond donors (Lipinski definition) is 0. The van der Waals surface area contributed by atoms with Crippen molar-refractivity contribution in [2.45, 2.75) is 13.0 Å². The van der Waals surface area contributed by atoms with Gasteiger partial charge in [0, 0.05) is 17.3 Å². The van der Waals surface area contributed by atoms with E-state index >= 15 is 0 Å². The van der Waals surface area contributed by atoms with Gasteiger partial charge >= 0.3 is 0 Å². The Morgan fingerprint density at radius 2 is 2.41 bits per heavy atom. The zero-order valence-electron chi connectivity index (χ0n) is 9.43. The van der Waals surface area contributed by atoms with Crippen LogP contribution in [0.4, 0.5) is 0 Å². The van der Waals surface area contributed by atoms with Gasteiger partial charge in [0.25, 0.3) is 0 Å². The van der Waals surface area contributed by atoms with Crippen LogP contribution in [0.2, 0.25) is 5.02 Å². The van der Waals surface area contributed by atoms with E-state index in [9.17, 15) is 0 Å². The Kier molecular flexibility index (Phi) is 3.93. The van der Waals surface area contributed by atoms with Gasteiger partial charge in [0.15, 0.2) is 5.17 Å². The summed E-state index contributed by atoms with van der Waals surface area (Å²) >= 11 is 7.61. The van der Waals surface area contributed by atoms with Crippen LogP contribution in [0, 0.1) is 11.5 Å². The fourth-order valence-corrected chi connectivity index (χ4v) is 3.05. The molecule has 0 radical (unpaired) electrons. The van der Waals surface area contributed by atoms with E-state index in [-0.39, 0.29) is 6.04 Å². The highest BCUT2D eigenvalue weighted by Gasteiger charge is 2.25. The zero-order chi connectivity index (χ0) is 12.3. The fraction of sp³-hybridized carbons (Fsp3) is 0.333. The number of hydrogen-bond acceptors (Lipinski definition) is 3. The highest BCUT2D eigenvalue weighted by molar-refractivity contribution is 8.14. The first-order valence-corrected chi connectivity index (χ1v) is 6.70. The molecule has 1 unspecified atom stereocenters. The number of thioether (sulfide) groups is 1.